The summed E-state index contributed by atoms with van der Waals surface area (Å²) in [7, 11) is 5.16. The Labute approximate surface area is 208 Å². The Balaban J connectivity index is 1.97. The van der Waals surface area contributed by atoms with E-state index in [1.807, 2.05) is 75.5 Å². The van der Waals surface area contributed by atoms with Gasteiger partial charge in [0.05, 0.1) is 38.1 Å². The van der Waals surface area contributed by atoms with Crippen LogP contribution in [0.3, 0.4) is 0 Å². The van der Waals surface area contributed by atoms with Gasteiger partial charge in [0.2, 0.25) is 5.88 Å². The Morgan fingerprint density at radius 1 is 1.00 bits per heavy atom. The van der Waals surface area contributed by atoms with Crippen molar-refractivity contribution in [1.82, 2.24) is 14.7 Å². The smallest absolute Gasteiger partial charge is 0.222 e. The second-order valence-electron chi connectivity index (χ2n) is 8.64. The lowest BCUT2D eigenvalue weighted by Crippen LogP contribution is -2.37. The summed E-state index contributed by atoms with van der Waals surface area (Å²) in [5.74, 6) is 1.86. The van der Waals surface area contributed by atoms with Crippen molar-refractivity contribution in [2.75, 3.05) is 40.5 Å². The molecule has 1 atom stereocenters. The van der Waals surface area contributed by atoms with E-state index in [2.05, 4.69) is 4.90 Å². The Kier molecular flexibility index (Phi) is 10.1. The summed E-state index contributed by atoms with van der Waals surface area (Å²) in [6.07, 6.45) is -0.578. The molecule has 0 saturated heterocycles. The van der Waals surface area contributed by atoms with Crippen molar-refractivity contribution in [1.29, 1.82) is 0 Å². The van der Waals surface area contributed by atoms with Gasteiger partial charge in [0, 0.05) is 39.4 Å². The maximum Gasteiger partial charge on any atom is 0.222 e. The van der Waals surface area contributed by atoms with Gasteiger partial charge < -0.3 is 24.1 Å². The van der Waals surface area contributed by atoms with Crippen LogP contribution >= 0.6 is 0 Å². The lowest BCUT2D eigenvalue weighted by Gasteiger charge is -2.25. The van der Waals surface area contributed by atoms with Crippen molar-refractivity contribution in [2.45, 2.75) is 32.6 Å². The predicted octanol–water partition coefficient (Wildman–Crippen LogP) is 4.12. The molecular weight excluding hydrogens is 446 g/mol. The lowest BCUT2D eigenvalue weighted by molar-refractivity contribution is -0.0121. The van der Waals surface area contributed by atoms with Crippen molar-refractivity contribution in [2.24, 2.45) is 7.05 Å². The van der Waals surface area contributed by atoms with Gasteiger partial charge in [-0.1, -0.05) is 42.5 Å². The molecule has 2 aromatic carbocycles. The van der Waals surface area contributed by atoms with Crippen LogP contribution in [0.25, 0.3) is 11.3 Å². The van der Waals surface area contributed by atoms with Gasteiger partial charge in [-0.2, -0.15) is 5.10 Å². The highest BCUT2D eigenvalue weighted by atomic mass is 16.5. The van der Waals surface area contributed by atoms with E-state index in [0.29, 0.717) is 43.6 Å². The second-order valence-corrected chi connectivity index (χ2v) is 8.64. The first-order chi connectivity index (χ1) is 16.9. The summed E-state index contributed by atoms with van der Waals surface area (Å²) in [6.45, 7) is 6.27. The van der Waals surface area contributed by atoms with Crippen LogP contribution in [0.2, 0.25) is 0 Å². The van der Waals surface area contributed by atoms with Crippen LogP contribution in [0.4, 0.5) is 0 Å². The molecule has 1 aromatic heterocycles. The summed E-state index contributed by atoms with van der Waals surface area (Å²) >= 11 is 0. The van der Waals surface area contributed by atoms with Gasteiger partial charge >= 0.3 is 0 Å². The van der Waals surface area contributed by atoms with Crippen molar-refractivity contribution in [3.63, 3.8) is 0 Å². The average Bonchev–Trinajstić information content (AvgIpc) is 3.16. The van der Waals surface area contributed by atoms with Crippen LogP contribution in [-0.4, -0.2) is 72.5 Å². The summed E-state index contributed by atoms with van der Waals surface area (Å²) in [5, 5.41) is 15.4. The number of aryl methyl sites for hydroxylation is 1. The summed E-state index contributed by atoms with van der Waals surface area (Å²) in [6, 6.07) is 17.6. The first kappa shape index (κ1) is 26.7. The SMILES string of the molecule is COCCN(Cc1c(-c2ccccc2)nn(C)c1Oc1ccccc1OC)CC(O)COC(C)C. The number of aliphatic hydroxyl groups is 1. The van der Waals surface area contributed by atoms with E-state index in [1.54, 1.807) is 18.9 Å². The first-order valence-electron chi connectivity index (χ1n) is 11.9. The third kappa shape index (κ3) is 7.53. The molecule has 0 radical (unpaired) electrons. The molecule has 0 bridgehead atoms. The number of hydrogen-bond donors (Lipinski definition) is 1. The van der Waals surface area contributed by atoms with Crippen molar-refractivity contribution < 1.29 is 24.1 Å². The van der Waals surface area contributed by atoms with Crippen LogP contribution < -0.4 is 9.47 Å². The van der Waals surface area contributed by atoms with Gasteiger partial charge in [-0.25, -0.2) is 4.68 Å². The molecule has 0 aliphatic rings. The Bertz CT molecular complexity index is 1040. The third-order valence-electron chi connectivity index (χ3n) is 5.50. The highest BCUT2D eigenvalue weighted by molar-refractivity contribution is 5.65. The Hall–Kier alpha value is -2.91. The minimum absolute atomic E-state index is 0.0564. The molecule has 8 nitrogen and oxygen atoms in total. The zero-order valence-electron chi connectivity index (χ0n) is 21.3. The summed E-state index contributed by atoms with van der Waals surface area (Å²) < 4.78 is 24.6. The number of aromatic nitrogens is 2. The second kappa shape index (κ2) is 13.3. The molecule has 0 aliphatic heterocycles. The number of aliphatic hydroxyl groups excluding tert-OH is 1. The van der Waals surface area contributed by atoms with Gasteiger partial charge in [0.25, 0.3) is 0 Å². The highest BCUT2D eigenvalue weighted by Crippen LogP contribution is 2.37. The van der Waals surface area contributed by atoms with Crippen molar-refractivity contribution in [3.05, 3.63) is 60.2 Å². The van der Waals surface area contributed by atoms with E-state index in [0.717, 1.165) is 16.8 Å². The molecule has 0 fully saturated rings. The zero-order chi connectivity index (χ0) is 25.2. The van der Waals surface area contributed by atoms with Gasteiger partial charge in [-0.05, 0) is 26.0 Å². The Morgan fingerprint density at radius 2 is 1.69 bits per heavy atom. The molecule has 35 heavy (non-hydrogen) atoms. The summed E-state index contributed by atoms with van der Waals surface area (Å²) in [5.41, 5.74) is 2.73. The molecule has 190 valence electrons. The number of hydrogen-bond acceptors (Lipinski definition) is 7. The van der Waals surface area contributed by atoms with Crippen LogP contribution in [0.1, 0.15) is 19.4 Å². The molecule has 1 heterocycles. The topological polar surface area (TPSA) is 78.2 Å². The molecule has 0 spiro atoms. The standard InChI is InChI=1S/C27H37N3O5/c1-20(2)34-19-22(31)17-30(15-16-32-4)18-23-26(21-11-7-6-8-12-21)28-29(3)27(23)35-25-14-10-9-13-24(25)33-5/h6-14,20,22,31H,15-19H2,1-5H3. The normalized spacial score (nSPS) is 12.3. The predicted molar refractivity (Wildman–Crippen MR) is 136 cm³/mol. The number of nitrogens with zero attached hydrogens (tertiary/aromatic N) is 3. The molecule has 1 unspecified atom stereocenters. The molecule has 8 heteroatoms. The average molecular weight is 484 g/mol. The van der Waals surface area contributed by atoms with Crippen LogP contribution in [0.15, 0.2) is 54.6 Å². The van der Waals surface area contributed by atoms with E-state index < -0.39 is 6.10 Å². The van der Waals surface area contributed by atoms with E-state index >= 15 is 0 Å². The largest absolute Gasteiger partial charge is 0.493 e. The van der Waals surface area contributed by atoms with E-state index in [4.69, 9.17) is 24.0 Å². The van der Waals surface area contributed by atoms with Gasteiger partial charge in [0.15, 0.2) is 11.5 Å². The number of para-hydroxylation sites is 2. The van der Waals surface area contributed by atoms with E-state index in [1.165, 1.54) is 0 Å². The van der Waals surface area contributed by atoms with Crippen LogP contribution in [0, 0.1) is 0 Å². The fraction of sp³-hybridized carbons (Fsp3) is 0.444. The van der Waals surface area contributed by atoms with E-state index in [-0.39, 0.29) is 12.7 Å². The molecule has 0 amide bonds. The zero-order valence-corrected chi connectivity index (χ0v) is 21.3. The fourth-order valence-corrected chi connectivity index (χ4v) is 3.79. The van der Waals surface area contributed by atoms with Crippen LogP contribution in [0.5, 0.6) is 17.4 Å². The molecule has 3 rings (SSSR count). The highest BCUT2D eigenvalue weighted by Gasteiger charge is 2.24. The molecule has 0 saturated carbocycles. The lowest BCUT2D eigenvalue weighted by atomic mass is 10.1. The number of methoxy groups -OCH3 is 2. The number of benzene rings is 2. The van der Waals surface area contributed by atoms with Gasteiger partial charge in [-0.3, -0.25) is 4.90 Å². The monoisotopic (exact) mass is 483 g/mol. The summed E-state index contributed by atoms with van der Waals surface area (Å²) in [4.78, 5) is 2.14. The maximum atomic E-state index is 10.6. The van der Waals surface area contributed by atoms with E-state index in [9.17, 15) is 5.11 Å². The fourth-order valence-electron chi connectivity index (χ4n) is 3.79. The van der Waals surface area contributed by atoms with Gasteiger partial charge in [-0.15, -0.1) is 0 Å². The van der Waals surface area contributed by atoms with Crippen LogP contribution in [-0.2, 0) is 23.1 Å². The molecule has 3 aromatic rings. The molecular formula is C27H37N3O5. The first-order valence-corrected chi connectivity index (χ1v) is 11.9. The molecule has 1 N–H and O–H groups in total. The number of ether oxygens (including phenoxy) is 4. The van der Waals surface area contributed by atoms with Crippen molar-refractivity contribution >= 4 is 0 Å². The quantitative estimate of drug-likeness (QED) is 0.370. The Morgan fingerprint density at radius 3 is 2.34 bits per heavy atom. The third-order valence-corrected chi connectivity index (χ3v) is 5.50. The minimum Gasteiger partial charge on any atom is -0.493 e. The minimum atomic E-state index is -0.635. The number of rotatable bonds is 14. The maximum absolute atomic E-state index is 10.6. The van der Waals surface area contributed by atoms with Gasteiger partial charge in [0.1, 0.15) is 5.69 Å². The van der Waals surface area contributed by atoms with Crippen molar-refractivity contribution in [3.8, 4) is 28.6 Å². The molecule has 0 aliphatic carbocycles.